The lowest BCUT2D eigenvalue weighted by atomic mass is 10.0. The lowest BCUT2D eigenvalue weighted by Gasteiger charge is -2.29. The van der Waals surface area contributed by atoms with Gasteiger partial charge in [0.2, 0.25) is 5.91 Å². The van der Waals surface area contributed by atoms with Gasteiger partial charge in [-0.15, -0.1) is 0 Å². The van der Waals surface area contributed by atoms with Gasteiger partial charge in [-0.25, -0.2) is 4.39 Å². The van der Waals surface area contributed by atoms with Gasteiger partial charge in [0.15, 0.2) is 0 Å². The molecule has 1 aromatic rings. The van der Waals surface area contributed by atoms with Gasteiger partial charge in [-0.3, -0.25) is 4.79 Å². The summed E-state index contributed by atoms with van der Waals surface area (Å²) in [7, 11) is 0. The van der Waals surface area contributed by atoms with Crippen LogP contribution < -0.4 is 16.0 Å². The van der Waals surface area contributed by atoms with E-state index in [-0.39, 0.29) is 17.8 Å². The summed E-state index contributed by atoms with van der Waals surface area (Å²) < 4.78 is 13.8. The quantitative estimate of drug-likeness (QED) is 0.719. The maximum Gasteiger partial charge on any atom is 0.224 e. The molecule has 0 aliphatic carbocycles. The molecule has 1 fully saturated rings. The van der Waals surface area contributed by atoms with E-state index in [0.717, 1.165) is 24.3 Å². The zero-order chi connectivity index (χ0) is 11.8. The largest absolute Gasteiger partial charge is 0.377 e. The van der Waals surface area contributed by atoms with Crippen LogP contribution in [0, 0.1) is 5.82 Å². The van der Waals surface area contributed by atoms with Crippen LogP contribution in [0.3, 0.4) is 0 Å². The van der Waals surface area contributed by atoms with Gasteiger partial charge in [-0.05, 0) is 24.1 Å². The molecule has 0 unspecified atom stereocenters. The number of nitrogens with one attached hydrogen (secondary N) is 3. The number of anilines is 2. The van der Waals surface area contributed by atoms with E-state index in [9.17, 15) is 9.18 Å². The molecule has 90 valence electrons. The molecule has 1 amide bonds. The van der Waals surface area contributed by atoms with Crippen LogP contribution in [-0.4, -0.2) is 25.0 Å². The molecule has 4 nitrogen and oxygen atoms in total. The van der Waals surface area contributed by atoms with Crippen LogP contribution >= 0.6 is 0 Å². The van der Waals surface area contributed by atoms with Gasteiger partial charge in [0.05, 0.1) is 11.7 Å². The first-order valence-corrected chi connectivity index (χ1v) is 5.82. The predicted octanol–water partition coefficient (Wildman–Crippen LogP) is 1.09. The fourth-order valence-electron chi connectivity index (χ4n) is 2.12. The molecule has 3 rings (SSSR count). The number of amides is 1. The van der Waals surface area contributed by atoms with Crippen LogP contribution in [0.4, 0.5) is 15.8 Å². The second kappa shape index (κ2) is 4.00. The molecule has 0 radical (unpaired) electrons. The summed E-state index contributed by atoms with van der Waals surface area (Å²) in [6.45, 7) is 1.70. The van der Waals surface area contributed by atoms with Crippen LogP contribution in [0.2, 0.25) is 0 Å². The van der Waals surface area contributed by atoms with Crippen molar-refractivity contribution in [3.8, 4) is 0 Å². The van der Waals surface area contributed by atoms with Crippen LogP contribution in [0.25, 0.3) is 0 Å². The Morgan fingerprint density at radius 2 is 2.12 bits per heavy atom. The highest BCUT2D eigenvalue weighted by atomic mass is 19.1. The minimum atomic E-state index is -0.244. The van der Waals surface area contributed by atoms with Crippen LogP contribution in [0.1, 0.15) is 12.0 Å². The fourth-order valence-corrected chi connectivity index (χ4v) is 2.12. The molecule has 2 heterocycles. The molecule has 0 spiro atoms. The second-order valence-electron chi connectivity index (χ2n) is 4.54. The molecule has 0 saturated carbocycles. The van der Waals surface area contributed by atoms with Crippen molar-refractivity contribution >= 4 is 17.3 Å². The van der Waals surface area contributed by atoms with Gasteiger partial charge in [0.25, 0.3) is 0 Å². The van der Waals surface area contributed by atoms with Gasteiger partial charge in [-0.2, -0.15) is 0 Å². The number of hydrogen-bond acceptors (Lipinski definition) is 3. The lowest BCUT2D eigenvalue weighted by Crippen LogP contribution is -2.51. The van der Waals surface area contributed by atoms with E-state index >= 15 is 0 Å². The summed E-state index contributed by atoms with van der Waals surface area (Å²) in [5.41, 5.74) is 2.08. The average molecular weight is 235 g/mol. The number of carbonyl (C=O) groups is 1. The number of rotatable bonds is 2. The van der Waals surface area contributed by atoms with Crippen molar-refractivity contribution in [2.75, 3.05) is 23.7 Å². The molecule has 1 aromatic carbocycles. The molecule has 0 bridgehead atoms. The van der Waals surface area contributed by atoms with Crippen molar-refractivity contribution in [2.45, 2.75) is 18.9 Å². The van der Waals surface area contributed by atoms with Gasteiger partial charge >= 0.3 is 0 Å². The highest BCUT2D eigenvalue weighted by Gasteiger charge is 2.21. The van der Waals surface area contributed by atoms with Crippen molar-refractivity contribution < 1.29 is 9.18 Å². The Labute approximate surface area is 98.6 Å². The zero-order valence-electron chi connectivity index (χ0n) is 9.35. The van der Waals surface area contributed by atoms with Gasteiger partial charge in [0.1, 0.15) is 5.82 Å². The Morgan fingerprint density at radius 3 is 2.82 bits per heavy atom. The standard InChI is InChI=1S/C12H14FN3O/c13-9-3-7-1-2-12(17)16-10(7)4-11(9)15-8-5-14-6-8/h3-4,8,14-15H,1-2,5-6H2,(H,16,17). The molecule has 17 heavy (non-hydrogen) atoms. The third-order valence-electron chi connectivity index (χ3n) is 3.23. The van der Waals surface area contributed by atoms with Crippen molar-refractivity contribution in [3.05, 3.63) is 23.5 Å². The number of aryl methyl sites for hydroxylation is 1. The summed E-state index contributed by atoms with van der Waals surface area (Å²) in [4.78, 5) is 11.3. The third kappa shape index (κ3) is 1.98. The maximum absolute atomic E-state index is 13.8. The van der Waals surface area contributed by atoms with E-state index in [1.165, 1.54) is 6.07 Å². The summed E-state index contributed by atoms with van der Waals surface area (Å²) in [5.74, 6) is -0.243. The summed E-state index contributed by atoms with van der Waals surface area (Å²) >= 11 is 0. The molecule has 1 saturated heterocycles. The molecule has 2 aliphatic rings. The van der Waals surface area contributed by atoms with Crippen molar-refractivity contribution in [3.63, 3.8) is 0 Å². The Morgan fingerprint density at radius 1 is 1.29 bits per heavy atom. The summed E-state index contributed by atoms with van der Waals surface area (Å²) in [5, 5.41) is 9.01. The zero-order valence-corrected chi connectivity index (χ0v) is 9.35. The topological polar surface area (TPSA) is 53.2 Å². The van der Waals surface area contributed by atoms with E-state index < -0.39 is 0 Å². The van der Waals surface area contributed by atoms with Crippen LogP contribution in [0.5, 0.6) is 0 Å². The maximum atomic E-state index is 13.8. The summed E-state index contributed by atoms with van der Waals surface area (Å²) in [6.07, 6.45) is 1.05. The predicted molar refractivity (Wildman–Crippen MR) is 63.6 cm³/mol. The molecule has 3 N–H and O–H groups in total. The Hall–Kier alpha value is -1.62. The highest BCUT2D eigenvalue weighted by molar-refractivity contribution is 5.94. The summed E-state index contributed by atoms with van der Waals surface area (Å²) in [6, 6.07) is 3.49. The number of carbonyl (C=O) groups excluding carboxylic acids is 1. The monoisotopic (exact) mass is 235 g/mol. The third-order valence-corrected chi connectivity index (χ3v) is 3.23. The van der Waals surface area contributed by atoms with Crippen molar-refractivity contribution in [2.24, 2.45) is 0 Å². The molecule has 2 aliphatic heterocycles. The van der Waals surface area contributed by atoms with E-state index in [4.69, 9.17) is 0 Å². The van der Waals surface area contributed by atoms with Crippen LogP contribution in [-0.2, 0) is 11.2 Å². The molecule has 5 heteroatoms. The Bertz CT molecular complexity index is 471. The van der Waals surface area contributed by atoms with Crippen LogP contribution in [0.15, 0.2) is 12.1 Å². The van der Waals surface area contributed by atoms with E-state index in [0.29, 0.717) is 18.5 Å². The SMILES string of the molecule is O=C1CCc2cc(F)c(NC3CNC3)cc2N1. The minimum Gasteiger partial charge on any atom is -0.377 e. The van der Waals surface area contributed by atoms with E-state index in [1.54, 1.807) is 6.07 Å². The van der Waals surface area contributed by atoms with E-state index in [2.05, 4.69) is 16.0 Å². The van der Waals surface area contributed by atoms with Crippen molar-refractivity contribution in [1.29, 1.82) is 0 Å². The molecule has 0 aromatic heterocycles. The van der Waals surface area contributed by atoms with Gasteiger partial charge in [0, 0.05) is 25.2 Å². The Balaban J connectivity index is 1.88. The lowest BCUT2D eigenvalue weighted by molar-refractivity contribution is -0.116. The first-order valence-electron chi connectivity index (χ1n) is 5.82. The number of benzene rings is 1. The van der Waals surface area contributed by atoms with Gasteiger partial charge < -0.3 is 16.0 Å². The average Bonchev–Trinajstić information content (AvgIpc) is 2.24. The second-order valence-corrected chi connectivity index (χ2v) is 4.54. The number of hydrogen-bond donors (Lipinski definition) is 3. The van der Waals surface area contributed by atoms with Crippen molar-refractivity contribution in [1.82, 2.24) is 5.32 Å². The minimum absolute atomic E-state index is 0.000342. The molecule has 0 atom stereocenters. The first-order chi connectivity index (χ1) is 8.22. The molecular formula is C12H14FN3O. The Kier molecular flexibility index (Phi) is 2.48. The fraction of sp³-hybridized carbons (Fsp3) is 0.417. The van der Waals surface area contributed by atoms with E-state index in [1.807, 2.05) is 0 Å². The smallest absolute Gasteiger partial charge is 0.224 e. The van der Waals surface area contributed by atoms with Gasteiger partial charge in [-0.1, -0.05) is 0 Å². The molecular weight excluding hydrogens is 221 g/mol. The highest BCUT2D eigenvalue weighted by Crippen LogP contribution is 2.29. The number of halogens is 1. The normalized spacial score (nSPS) is 19.2. The first kappa shape index (κ1) is 10.5. The number of fused-ring (bicyclic) bond motifs is 1.